The lowest BCUT2D eigenvalue weighted by Crippen LogP contribution is -2.53. The number of hydrogen-bond acceptors (Lipinski definition) is 4. The molecule has 0 bridgehead atoms. The zero-order valence-electron chi connectivity index (χ0n) is 17.0. The Morgan fingerprint density at radius 2 is 1.66 bits per heavy atom. The van der Waals surface area contributed by atoms with Gasteiger partial charge in [0, 0.05) is 50.7 Å². The quantitative estimate of drug-likeness (QED) is 0.772. The lowest BCUT2D eigenvalue weighted by atomic mass is 10.1. The van der Waals surface area contributed by atoms with Crippen LogP contribution < -0.4 is 5.32 Å². The van der Waals surface area contributed by atoms with Crippen molar-refractivity contribution in [2.24, 2.45) is 5.92 Å². The van der Waals surface area contributed by atoms with Crippen LogP contribution in [-0.2, 0) is 14.4 Å². The Bertz CT molecular complexity index is 772. The average molecular weight is 400 g/mol. The second-order valence-electron chi connectivity index (χ2n) is 7.80. The number of carbonyl (C=O) groups is 4. The van der Waals surface area contributed by atoms with Gasteiger partial charge in [-0.1, -0.05) is 18.2 Å². The molecule has 2 aliphatic heterocycles. The molecule has 0 aromatic heterocycles. The monoisotopic (exact) mass is 400 g/mol. The van der Waals surface area contributed by atoms with Crippen LogP contribution >= 0.6 is 0 Å². The molecule has 0 aliphatic carbocycles. The van der Waals surface area contributed by atoms with E-state index in [1.807, 2.05) is 19.9 Å². The Morgan fingerprint density at radius 1 is 1.03 bits per heavy atom. The molecule has 1 N–H and O–H groups in total. The maximum absolute atomic E-state index is 12.7. The molecule has 1 unspecified atom stereocenters. The molecule has 0 radical (unpaired) electrons. The predicted octanol–water partition coefficient (Wildman–Crippen LogP) is 0.344. The summed E-state index contributed by atoms with van der Waals surface area (Å²) in [6.07, 6.45) is 0.266. The number of benzene rings is 1. The van der Waals surface area contributed by atoms with E-state index < -0.39 is 0 Å². The molecule has 156 valence electrons. The molecule has 4 amide bonds. The molecule has 2 aliphatic rings. The van der Waals surface area contributed by atoms with Crippen LogP contribution in [0.4, 0.5) is 0 Å². The lowest BCUT2D eigenvalue weighted by molar-refractivity contribution is -0.141. The fourth-order valence-electron chi connectivity index (χ4n) is 3.79. The highest BCUT2D eigenvalue weighted by atomic mass is 16.2. The highest BCUT2D eigenvalue weighted by molar-refractivity contribution is 5.96. The molecular formula is C21H28N4O4. The molecule has 2 saturated heterocycles. The molecule has 3 rings (SSSR count). The standard InChI is InChI=1S/C21H28N4O4/c1-15(2)25-14-17(12-18(25)26)21(29)24-10-8-23(9-11-24)19(27)13-22-20(28)16-6-4-3-5-7-16/h3-7,15,17H,8-14H2,1-2H3,(H,22,28). The number of nitrogens with one attached hydrogen (secondary N) is 1. The highest BCUT2D eigenvalue weighted by Gasteiger charge is 2.38. The Morgan fingerprint density at radius 3 is 2.24 bits per heavy atom. The first-order chi connectivity index (χ1) is 13.9. The summed E-state index contributed by atoms with van der Waals surface area (Å²) >= 11 is 0. The Labute approximate surface area is 170 Å². The van der Waals surface area contributed by atoms with E-state index in [-0.39, 0.29) is 48.6 Å². The van der Waals surface area contributed by atoms with E-state index in [4.69, 9.17) is 0 Å². The van der Waals surface area contributed by atoms with Crippen molar-refractivity contribution in [2.45, 2.75) is 26.3 Å². The second-order valence-corrected chi connectivity index (χ2v) is 7.80. The smallest absolute Gasteiger partial charge is 0.251 e. The van der Waals surface area contributed by atoms with Crippen molar-refractivity contribution in [3.8, 4) is 0 Å². The molecule has 8 heteroatoms. The first-order valence-corrected chi connectivity index (χ1v) is 10.1. The third-order valence-electron chi connectivity index (χ3n) is 5.51. The van der Waals surface area contributed by atoms with E-state index in [1.165, 1.54) is 0 Å². The van der Waals surface area contributed by atoms with Gasteiger partial charge in [0.2, 0.25) is 17.7 Å². The Kier molecular flexibility index (Phi) is 6.51. The summed E-state index contributed by atoms with van der Waals surface area (Å²) in [6, 6.07) is 8.85. The SMILES string of the molecule is CC(C)N1CC(C(=O)N2CCN(C(=O)CNC(=O)c3ccccc3)CC2)CC1=O. The van der Waals surface area contributed by atoms with E-state index in [2.05, 4.69) is 5.32 Å². The van der Waals surface area contributed by atoms with Crippen LogP contribution in [0.3, 0.4) is 0 Å². The fraction of sp³-hybridized carbons (Fsp3) is 0.524. The second kappa shape index (κ2) is 9.07. The van der Waals surface area contributed by atoms with Gasteiger partial charge in [-0.3, -0.25) is 19.2 Å². The average Bonchev–Trinajstić information content (AvgIpc) is 3.14. The van der Waals surface area contributed by atoms with Gasteiger partial charge in [-0.25, -0.2) is 0 Å². The highest BCUT2D eigenvalue weighted by Crippen LogP contribution is 2.22. The maximum Gasteiger partial charge on any atom is 0.251 e. The van der Waals surface area contributed by atoms with E-state index in [1.54, 1.807) is 39.0 Å². The summed E-state index contributed by atoms with van der Waals surface area (Å²) in [4.78, 5) is 54.4. The van der Waals surface area contributed by atoms with Crippen molar-refractivity contribution in [2.75, 3.05) is 39.3 Å². The summed E-state index contributed by atoms with van der Waals surface area (Å²) < 4.78 is 0. The van der Waals surface area contributed by atoms with Crippen LogP contribution in [0.25, 0.3) is 0 Å². The van der Waals surface area contributed by atoms with Crippen LogP contribution in [0.1, 0.15) is 30.6 Å². The van der Waals surface area contributed by atoms with Crippen molar-refractivity contribution in [1.29, 1.82) is 0 Å². The van der Waals surface area contributed by atoms with E-state index in [9.17, 15) is 19.2 Å². The molecule has 2 heterocycles. The molecule has 1 atom stereocenters. The molecule has 0 spiro atoms. The summed E-state index contributed by atoms with van der Waals surface area (Å²) in [5.74, 6) is -0.721. The van der Waals surface area contributed by atoms with Gasteiger partial charge >= 0.3 is 0 Å². The van der Waals surface area contributed by atoms with Gasteiger partial charge in [0.15, 0.2) is 0 Å². The van der Waals surface area contributed by atoms with Crippen molar-refractivity contribution in [3.63, 3.8) is 0 Å². The Balaban J connectivity index is 1.44. The van der Waals surface area contributed by atoms with Gasteiger partial charge in [0.25, 0.3) is 5.91 Å². The third-order valence-corrected chi connectivity index (χ3v) is 5.51. The molecular weight excluding hydrogens is 372 g/mol. The zero-order valence-corrected chi connectivity index (χ0v) is 17.0. The van der Waals surface area contributed by atoms with E-state index in [0.29, 0.717) is 38.3 Å². The van der Waals surface area contributed by atoms with Gasteiger partial charge in [0.1, 0.15) is 0 Å². The number of piperazine rings is 1. The Hall–Kier alpha value is -2.90. The fourth-order valence-corrected chi connectivity index (χ4v) is 3.79. The minimum Gasteiger partial charge on any atom is -0.343 e. The first kappa shape index (κ1) is 20.8. The van der Waals surface area contributed by atoms with Crippen LogP contribution in [0.5, 0.6) is 0 Å². The number of nitrogens with zero attached hydrogens (tertiary/aromatic N) is 3. The van der Waals surface area contributed by atoms with Gasteiger partial charge in [0.05, 0.1) is 12.5 Å². The van der Waals surface area contributed by atoms with Crippen molar-refractivity contribution >= 4 is 23.6 Å². The molecule has 1 aromatic carbocycles. The first-order valence-electron chi connectivity index (χ1n) is 10.1. The number of carbonyl (C=O) groups excluding carboxylic acids is 4. The van der Waals surface area contributed by atoms with Gasteiger partial charge < -0.3 is 20.0 Å². The van der Waals surface area contributed by atoms with Crippen LogP contribution in [0.15, 0.2) is 30.3 Å². The van der Waals surface area contributed by atoms with E-state index in [0.717, 1.165) is 0 Å². The minimum atomic E-state index is -0.294. The van der Waals surface area contributed by atoms with Gasteiger partial charge in [-0.05, 0) is 26.0 Å². The van der Waals surface area contributed by atoms with Crippen molar-refractivity contribution in [3.05, 3.63) is 35.9 Å². The number of amides is 4. The summed E-state index contributed by atoms with van der Waals surface area (Å²) in [6.45, 7) is 6.06. The minimum absolute atomic E-state index is 0.00835. The third kappa shape index (κ3) is 4.93. The van der Waals surface area contributed by atoms with Crippen molar-refractivity contribution < 1.29 is 19.2 Å². The largest absolute Gasteiger partial charge is 0.343 e. The molecule has 0 saturated carbocycles. The van der Waals surface area contributed by atoms with Crippen LogP contribution in [-0.4, -0.2) is 83.6 Å². The number of rotatable bonds is 5. The molecule has 2 fully saturated rings. The molecule has 1 aromatic rings. The number of likely N-dealkylation sites (tertiary alicyclic amines) is 1. The van der Waals surface area contributed by atoms with Crippen molar-refractivity contribution in [1.82, 2.24) is 20.0 Å². The van der Waals surface area contributed by atoms with Crippen LogP contribution in [0.2, 0.25) is 0 Å². The topological polar surface area (TPSA) is 90.0 Å². The molecule has 29 heavy (non-hydrogen) atoms. The van der Waals surface area contributed by atoms with E-state index >= 15 is 0 Å². The normalized spacial score (nSPS) is 19.6. The summed E-state index contributed by atoms with van der Waals surface area (Å²) in [7, 11) is 0. The lowest BCUT2D eigenvalue weighted by Gasteiger charge is -2.36. The summed E-state index contributed by atoms with van der Waals surface area (Å²) in [5, 5.41) is 2.64. The zero-order chi connectivity index (χ0) is 21.0. The maximum atomic E-state index is 12.7. The summed E-state index contributed by atoms with van der Waals surface area (Å²) in [5.41, 5.74) is 0.511. The van der Waals surface area contributed by atoms with Gasteiger partial charge in [-0.2, -0.15) is 0 Å². The van der Waals surface area contributed by atoms with Gasteiger partial charge in [-0.15, -0.1) is 0 Å². The van der Waals surface area contributed by atoms with Crippen LogP contribution in [0, 0.1) is 5.92 Å². The predicted molar refractivity (Wildman–Crippen MR) is 107 cm³/mol. The molecule has 8 nitrogen and oxygen atoms in total. The number of hydrogen-bond donors (Lipinski definition) is 1.